The molecule has 0 spiro atoms. The van der Waals surface area contributed by atoms with Crippen molar-refractivity contribution in [1.82, 2.24) is 25.5 Å². The second-order valence-electron chi connectivity index (χ2n) is 2.73. The predicted octanol–water partition coefficient (Wildman–Crippen LogP) is 0.0628. The zero-order chi connectivity index (χ0) is 9.80. The van der Waals surface area contributed by atoms with Crippen molar-refractivity contribution in [3.63, 3.8) is 0 Å². The molecule has 1 amide bonds. The van der Waals surface area contributed by atoms with Crippen molar-refractivity contribution in [1.29, 1.82) is 0 Å². The van der Waals surface area contributed by atoms with Gasteiger partial charge in [-0.1, -0.05) is 0 Å². The van der Waals surface area contributed by atoms with E-state index >= 15 is 0 Å². The van der Waals surface area contributed by atoms with Crippen LogP contribution in [0.3, 0.4) is 0 Å². The predicted molar refractivity (Wildman–Crippen MR) is 48.3 cm³/mol. The Balaban J connectivity index is 1.90. The highest BCUT2D eigenvalue weighted by Crippen LogP contribution is 1.93. The molecule has 0 unspecified atom stereocenters. The largest absolute Gasteiger partial charge is 0.347 e. The van der Waals surface area contributed by atoms with E-state index in [4.69, 9.17) is 0 Å². The van der Waals surface area contributed by atoms with Crippen molar-refractivity contribution in [3.8, 4) is 0 Å². The van der Waals surface area contributed by atoms with E-state index in [2.05, 4.69) is 25.5 Å². The van der Waals surface area contributed by atoms with E-state index < -0.39 is 0 Å². The van der Waals surface area contributed by atoms with Crippen molar-refractivity contribution in [2.75, 3.05) is 0 Å². The third-order valence-corrected chi connectivity index (χ3v) is 1.74. The van der Waals surface area contributed by atoms with Gasteiger partial charge in [0.1, 0.15) is 5.69 Å². The van der Waals surface area contributed by atoms with Gasteiger partial charge in [-0.15, -0.1) is 0 Å². The summed E-state index contributed by atoms with van der Waals surface area (Å²) in [5, 5.41) is 8.97. The second-order valence-corrected chi connectivity index (χ2v) is 2.73. The van der Waals surface area contributed by atoms with Crippen molar-refractivity contribution < 1.29 is 4.79 Å². The molecule has 2 heterocycles. The van der Waals surface area contributed by atoms with Crippen LogP contribution >= 0.6 is 0 Å². The molecule has 0 fully saturated rings. The van der Waals surface area contributed by atoms with Crippen molar-refractivity contribution in [2.24, 2.45) is 0 Å². The lowest BCUT2D eigenvalue weighted by molar-refractivity contribution is 0.0945. The Hall–Kier alpha value is -2.11. The van der Waals surface area contributed by atoms with Crippen LogP contribution in [0.2, 0.25) is 0 Å². The number of carbonyl (C=O) groups is 1. The molecule has 0 saturated heterocycles. The maximum absolute atomic E-state index is 11.4. The number of hydrogen-bond acceptors (Lipinski definition) is 3. The third-order valence-electron chi connectivity index (χ3n) is 1.74. The Morgan fingerprint density at radius 3 is 3.14 bits per heavy atom. The molecule has 2 rings (SSSR count). The van der Waals surface area contributed by atoms with E-state index in [1.807, 2.05) is 0 Å². The van der Waals surface area contributed by atoms with Gasteiger partial charge in [0.2, 0.25) is 0 Å². The topological polar surface area (TPSA) is 86.5 Å². The smallest absolute Gasteiger partial charge is 0.269 e. The summed E-state index contributed by atoms with van der Waals surface area (Å²) in [5.74, 6) is -0.183. The number of carbonyl (C=O) groups excluding carboxylic acids is 1. The van der Waals surface area contributed by atoms with Crippen molar-refractivity contribution >= 4 is 5.91 Å². The summed E-state index contributed by atoms with van der Waals surface area (Å²) >= 11 is 0. The summed E-state index contributed by atoms with van der Waals surface area (Å²) in [6.45, 7) is 0.428. The van der Waals surface area contributed by atoms with Crippen LogP contribution in [0, 0.1) is 0 Å². The number of rotatable bonds is 3. The van der Waals surface area contributed by atoms with Gasteiger partial charge in [0.05, 0.1) is 18.6 Å². The van der Waals surface area contributed by atoms with Gasteiger partial charge in [-0.05, 0) is 6.07 Å². The summed E-state index contributed by atoms with van der Waals surface area (Å²) in [4.78, 5) is 18.1. The molecule has 0 bridgehead atoms. The molecule has 3 N–H and O–H groups in total. The third kappa shape index (κ3) is 1.79. The Morgan fingerprint density at radius 2 is 2.50 bits per heavy atom. The summed E-state index contributed by atoms with van der Waals surface area (Å²) in [6.07, 6.45) is 4.76. The number of hydrogen-bond donors (Lipinski definition) is 3. The fraction of sp³-hybridized carbons (Fsp3) is 0.125. The maximum atomic E-state index is 11.4. The Kier molecular flexibility index (Phi) is 2.26. The molecule has 0 aliphatic heterocycles. The van der Waals surface area contributed by atoms with Crippen LogP contribution in [0.25, 0.3) is 0 Å². The molecule has 72 valence electrons. The number of H-pyrrole nitrogens is 2. The first kappa shape index (κ1) is 8.49. The first-order valence-electron chi connectivity index (χ1n) is 4.11. The van der Waals surface area contributed by atoms with Gasteiger partial charge in [0.15, 0.2) is 0 Å². The average molecular weight is 191 g/mol. The summed E-state index contributed by atoms with van der Waals surface area (Å²) in [6, 6.07) is 1.61. The SMILES string of the molecule is O=C(NCc1cnc[nH]1)c1ccn[nH]1. The summed E-state index contributed by atoms with van der Waals surface area (Å²) < 4.78 is 0. The van der Waals surface area contributed by atoms with E-state index in [1.54, 1.807) is 18.6 Å². The standard InChI is InChI=1S/C8H9N5O/c14-8(7-1-2-12-13-7)10-4-6-3-9-5-11-6/h1-3,5H,4H2,(H,9,11)(H,10,14)(H,12,13). The van der Waals surface area contributed by atoms with Gasteiger partial charge < -0.3 is 10.3 Å². The normalized spacial score (nSPS) is 10.0. The molecule has 0 aliphatic carbocycles. The van der Waals surface area contributed by atoms with Gasteiger partial charge in [-0.25, -0.2) is 4.98 Å². The molecule has 2 aromatic heterocycles. The number of aromatic nitrogens is 4. The van der Waals surface area contributed by atoms with Crippen LogP contribution < -0.4 is 5.32 Å². The molecule has 14 heavy (non-hydrogen) atoms. The van der Waals surface area contributed by atoms with Crippen LogP contribution in [0.4, 0.5) is 0 Å². The number of nitrogens with one attached hydrogen (secondary N) is 3. The fourth-order valence-corrected chi connectivity index (χ4v) is 1.03. The molecule has 6 nitrogen and oxygen atoms in total. The first-order chi connectivity index (χ1) is 6.86. The Bertz CT molecular complexity index is 391. The highest BCUT2D eigenvalue weighted by molar-refractivity contribution is 5.91. The van der Waals surface area contributed by atoms with E-state index in [9.17, 15) is 4.79 Å². The van der Waals surface area contributed by atoms with Crippen LogP contribution in [0.15, 0.2) is 24.8 Å². The molecule has 0 aromatic carbocycles. The van der Waals surface area contributed by atoms with E-state index in [1.165, 1.54) is 6.20 Å². The highest BCUT2D eigenvalue weighted by atomic mass is 16.1. The van der Waals surface area contributed by atoms with E-state index in [0.717, 1.165) is 5.69 Å². The molecular weight excluding hydrogens is 182 g/mol. The second kappa shape index (κ2) is 3.73. The van der Waals surface area contributed by atoms with Crippen LogP contribution in [0.5, 0.6) is 0 Å². The lowest BCUT2D eigenvalue weighted by atomic mass is 10.4. The number of aromatic amines is 2. The number of imidazole rings is 1. The van der Waals surface area contributed by atoms with Gasteiger partial charge in [-0.2, -0.15) is 5.10 Å². The summed E-state index contributed by atoms with van der Waals surface area (Å²) in [5.41, 5.74) is 1.31. The Morgan fingerprint density at radius 1 is 1.57 bits per heavy atom. The zero-order valence-corrected chi connectivity index (χ0v) is 7.32. The Labute approximate surface area is 79.8 Å². The monoisotopic (exact) mass is 191 g/mol. The van der Waals surface area contributed by atoms with Gasteiger partial charge >= 0.3 is 0 Å². The molecule has 0 radical (unpaired) electrons. The minimum atomic E-state index is -0.183. The van der Waals surface area contributed by atoms with Crippen LogP contribution in [0.1, 0.15) is 16.2 Å². The number of amides is 1. The first-order valence-corrected chi connectivity index (χ1v) is 4.11. The van der Waals surface area contributed by atoms with E-state index in [-0.39, 0.29) is 5.91 Å². The van der Waals surface area contributed by atoms with Gasteiger partial charge in [-0.3, -0.25) is 9.89 Å². The molecule has 0 saturated carbocycles. The fourth-order valence-electron chi connectivity index (χ4n) is 1.03. The molecule has 6 heteroatoms. The van der Waals surface area contributed by atoms with Gasteiger partial charge in [0, 0.05) is 12.4 Å². The molecule has 0 aliphatic rings. The minimum Gasteiger partial charge on any atom is -0.347 e. The zero-order valence-electron chi connectivity index (χ0n) is 7.32. The quantitative estimate of drug-likeness (QED) is 0.641. The van der Waals surface area contributed by atoms with Crippen molar-refractivity contribution in [2.45, 2.75) is 6.54 Å². The van der Waals surface area contributed by atoms with E-state index in [0.29, 0.717) is 12.2 Å². The lowest BCUT2D eigenvalue weighted by Crippen LogP contribution is -2.23. The molecular formula is C8H9N5O. The van der Waals surface area contributed by atoms with Crippen molar-refractivity contribution in [3.05, 3.63) is 36.2 Å². The van der Waals surface area contributed by atoms with Crippen LogP contribution in [-0.4, -0.2) is 26.1 Å². The minimum absolute atomic E-state index is 0.183. The number of nitrogens with zero attached hydrogens (tertiary/aromatic N) is 2. The highest BCUT2D eigenvalue weighted by Gasteiger charge is 2.05. The molecule has 0 atom stereocenters. The maximum Gasteiger partial charge on any atom is 0.269 e. The average Bonchev–Trinajstić information content (AvgIpc) is 2.87. The van der Waals surface area contributed by atoms with Gasteiger partial charge in [0.25, 0.3) is 5.91 Å². The lowest BCUT2D eigenvalue weighted by Gasteiger charge is -2.00. The molecule has 2 aromatic rings. The van der Waals surface area contributed by atoms with Crippen LogP contribution in [-0.2, 0) is 6.54 Å². The summed E-state index contributed by atoms with van der Waals surface area (Å²) in [7, 11) is 0.